The van der Waals surface area contributed by atoms with Gasteiger partial charge >= 0.3 is 0 Å². The minimum absolute atomic E-state index is 0.0515. The molecule has 1 rings (SSSR count). The molecule has 0 saturated carbocycles. The van der Waals surface area contributed by atoms with Gasteiger partial charge in [0.1, 0.15) is 0 Å². The second-order valence-corrected chi connectivity index (χ2v) is 5.86. The van der Waals surface area contributed by atoms with Crippen molar-refractivity contribution in [2.75, 3.05) is 26.8 Å². The molecule has 2 N–H and O–H groups in total. The van der Waals surface area contributed by atoms with Gasteiger partial charge in [0.2, 0.25) is 5.91 Å². The molecule has 1 aliphatic rings. The summed E-state index contributed by atoms with van der Waals surface area (Å²) in [7, 11) is 1.84. The van der Waals surface area contributed by atoms with Crippen molar-refractivity contribution in [3.8, 4) is 0 Å². The molecule has 19 heavy (non-hydrogen) atoms. The molecule has 0 aliphatic carbocycles. The van der Waals surface area contributed by atoms with Crippen LogP contribution in [0.15, 0.2) is 0 Å². The second-order valence-electron chi connectivity index (χ2n) is 5.42. The lowest BCUT2D eigenvalue weighted by Gasteiger charge is -2.35. The second kappa shape index (κ2) is 7.20. The van der Waals surface area contributed by atoms with Gasteiger partial charge in [-0.3, -0.25) is 4.79 Å². The lowest BCUT2D eigenvalue weighted by atomic mass is 9.80. The molecule has 0 spiro atoms. The number of ether oxygens (including phenoxy) is 1. The number of nitrogens with zero attached hydrogens (tertiary/aromatic N) is 1. The molecule has 0 bridgehead atoms. The monoisotopic (exact) mass is 286 g/mol. The number of rotatable bonds is 6. The van der Waals surface area contributed by atoms with E-state index >= 15 is 0 Å². The molecule has 5 heteroatoms. The molecule has 0 aromatic heterocycles. The van der Waals surface area contributed by atoms with Crippen LogP contribution in [0.5, 0.6) is 0 Å². The highest BCUT2D eigenvalue weighted by molar-refractivity contribution is 7.80. The smallest absolute Gasteiger partial charge is 0.235 e. The summed E-state index contributed by atoms with van der Waals surface area (Å²) in [6, 6.07) is 0. The van der Waals surface area contributed by atoms with E-state index in [9.17, 15) is 4.79 Å². The van der Waals surface area contributed by atoms with Gasteiger partial charge in [0, 0.05) is 20.2 Å². The number of amides is 1. The number of carbonyl (C=O) groups excluding carboxylic acids is 1. The van der Waals surface area contributed by atoms with Crippen molar-refractivity contribution in [3.05, 3.63) is 0 Å². The first-order chi connectivity index (χ1) is 8.97. The number of hydrogen-bond donors (Lipinski definition) is 1. The van der Waals surface area contributed by atoms with Gasteiger partial charge < -0.3 is 15.4 Å². The van der Waals surface area contributed by atoms with Crippen LogP contribution in [-0.4, -0.2) is 42.6 Å². The van der Waals surface area contributed by atoms with E-state index in [1.165, 1.54) is 0 Å². The van der Waals surface area contributed by atoms with E-state index in [4.69, 9.17) is 22.7 Å². The molecule has 0 aromatic rings. The molecule has 110 valence electrons. The van der Waals surface area contributed by atoms with Crippen molar-refractivity contribution in [3.63, 3.8) is 0 Å². The van der Waals surface area contributed by atoms with Crippen LogP contribution in [0.3, 0.4) is 0 Å². The van der Waals surface area contributed by atoms with Gasteiger partial charge in [0.05, 0.1) is 17.0 Å². The Bertz CT molecular complexity index is 323. The third-order valence-electron chi connectivity index (χ3n) is 4.22. The average molecular weight is 286 g/mol. The van der Waals surface area contributed by atoms with Crippen LogP contribution < -0.4 is 5.73 Å². The zero-order valence-electron chi connectivity index (χ0n) is 12.3. The number of thiocarbonyl (C=S) groups is 1. The van der Waals surface area contributed by atoms with Crippen molar-refractivity contribution in [1.29, 1.82) is 0 Å². The number of nitrogens with two attached hydrogens (primary N) is 1. The van der Waals surface area contributed by atoms with E-state index in [-0.39, 0.29) is 5.91 Å². The Morgan fingerprint density at radius 3 is 2.53 bits per heavy atom. The Morgan fingerprint density at radius 1 is 1.47 bits per heavy atom. The Labute approximate surface area is 121 Å². The molecule has 1 amide bonds. The fraction of sp³-hybridized carbons (Fsp3) is 0.857. The van der Waals surface area contributed by atoms with Gasteiger partial charge in [-0.1, -0.05) is 26.1 Å². The van der Waals surface area contributed by atoms with Crippen molar-refractivity contribution in [2.24, 2.45) is 17.1 Å². The summed E-state index contributed by atoms with van der Waals surface area (Å²) in [5.74, 6) is 0.482. The van der Waals surface area contributed by atoms with Crippen LogP contribution >= 0.6 is 12.2 Å². The standard InChI is InChI=1S/C14H26N2O2S/c1-4-14(5-2,12(15)19)13(17)16(3)9-11-7-6-8-18-10-11/h11H,4-10H2,1-3H3,(H2,15,19). The third kappa shape index (κ3) is 3.66. The zero-order valence-corrected chi connectivity index (χ0v) is 13.1. The quantitative estimate of drug-likeness (QED) is 0.758. The van der Waals surface area contributed by atoms with Gasteiger partial charge in [-0.2, -0.15) is 0 Å². The predicted molar refractivity (Wildman–Crippen MR) is 81.0 cm³/mol. The molecule has 1 unspecified atom stereocenters. The van der Waals surface area contributed by atoms with Gasteiger partial charge in [0.15, 0.2) is 0 Å². The highest BCUT2D eigenvalue weighted by atomic mass is 32.1. The van der Waals surface area contributed by atoms with E-state index in [0.717, 1.165) is 32.6 Å². The van der Waals surface area contributed by atoms with Crippen LogP contribution in [0.4, 0.5) is 0 Å². The Balaban J connectivity index is 2.70. The zero-order chi connectivity index (χ0) is 14.5. The summed E-state index contributed by atoms with van der Waals surface area (Å²) < 4.78 is 5.46. The van der Waals surface area contributed by atoms with Gasteiger partial charge in [-0.15, -0.1) is 0 Å². The molecule has 1 saturated heterocycles. The lowest BCUT2D eigenvalue weighted by Crippen LogP contribution is -2.50. The average Bonchev–Trinajstić information content (AvgIpc) is 2.41. The summed E-state index contributed by atoms with van der Waals surface area (Å²) >= 11 is 5.13. The normalized spacial score (nSPS) is 20.1. The fourth-order valence-electron chi connectivity index (χ4n) is 2.79. The van der Waals surface area contributed by atoms with Gasteiger partial charge in [0.25, 0.3) is 0 Å². The molecule has 1 fully saturated rings. The number of hydrogen-bond acceptors (Lipinski definition) is 3. The maximum Gasteiger partial charge on any atom is 0.235 e. The van der Waals surface area contributed by atoms with E-state index in [2.05, 4.69) is 0 Å². The minimum atomic E-state index is -0.681. The summed E-state index contributed by atoms with van der Waals surface area (Å²) in [4.78, 5) is 14.8. The highest BCUT2D eigenvalue weighted by Gasteiger charge is 2.40. The topological polar surface area (TPSA) is 55.6 Å². The first-order valence-electron chi connectivity index (χ1n) is 7.11. The van der Waals surface area contributed by atoms with E-state index in [1.54, 1.807) is 4.90 Å². The van der Waals surface area contributed by atoms with Crippen LogP contribution in [0, 0.1) is 11.3 Å². The van der Waals surface area contributed by atoms with Gasteiger partial charge in [-0.05, 0) is 31.6 Å². The van der Waals surface area contributed by atoms with Crippen LogP contribution in [0.2, 0.25) is 0 Å². The van der Waals surface area contributed by atoms with Crippen LogP contribution in [-0.2, 0) is 9.53 Å². The molecule has 1 atom stereocenters. The third-order valence-corrected chi connectivity index (χ3v) is 4.61. The maximum atomic E-state index is 12.7. The summed E-state index contributed by atoms with van der Waals surface area (Å²) in [5.41, 5.74) is 5.14. The molecule has 0 aromatic carbocycles. The summed E-state index contributed by atoms with van der Waals surface area (Å²) in [6.07, 6.45) is 3.51. The van der Waals surface area contributed by atoms with Crippen molar-refractivity contribution < 1.29 is 9.53 Å². The lowest BCUT2D eigenvalue weighted by molar-refractivity contribution is -0.138. The first kappa shape index (κ1) is 16.4. The van der Waals surface area contributed by atoms with E-state index < -0.39 is 5.41 Å². The molecule has 4 nitrogen and oxygen atoms in total. The van der Waals surface area contributed by atoms with Crippen molar-refractivity contribution >= 4 is 23.1 Å². The highest BCUT2D eigenvalue weighted by Crippen LogP contribution is 2.30. The van der Waals surface area contributed by atoms with Crippen LogP contribution in [0.1, 0.15) is 39.5 Å². The Morgan fingerprint density at radius 2 is 2.11 bits per heavy atom. The number of carbonyl (C=O) groups is 1. The van der Waals surface area contributed by atoms with Crippen LogP contribution in [0.25, 0.3) is 0 Å². The molecule has 0 radical (unpaired) electrons. The largest absolute Gasteiger partial charge is 0.392 e. The fourth-order valence-corrected chi connectivity index (χ4v) is 3.17. The van der Waals surface area contributed by atoms with Crippen molar-refractivity contribution in [2.45, 2.75) is 39.5 Å². The molecular weight excluding hydrogens is 260 g/mol. The molecule has 1 aliphatic heterocycles. The summed E-state index contributed by atoms with van der Waals surface area (Å²) in [6.45, 7) is 6.25. The Kier molecular flexibility index (Phi) is 6.20. The summed E-state index contributed by atoms with van der Waals surface area (Å²) in [5, 5.41) is 0. The van der Waals surface area contributed by atoms with E-state index in [1.807, 2.05) is 20.9 Å². The predicted octanol–water partition coefficient (Wildman–Crippen LogP) is 1.96. The molecular formula is C14H26N2O2S. The Hall–Kier alpha value is -0.680. The maximum absolute atomic E-state index is 12.7. The van der Waals surface area contributed by atoms with E-state index in [0.29, 0.717) is 23.7 Å². The molecule has 1 heterocycles. The SMILES string of the molecule is CCC(CC)(C(=O)N(C)CC1CCCOC1)C(N)=S. The minimum Gasteiger partial charge on any atom is -0.392 e. The van der Waals surface area contributed by atoms with Gasteiger partial charge in [-0.25, -0.2) is 0 Å². The first-order valence-corrected chi connectivity index (χ1v) is 7.52. The van der Waals surface area contributed by atoms with Crippen molar-refractivity contribution in [1.82, 2.24) is 4.90 Å².